The Kier molecular flexibility index (Phi) is 4.49. The van der Waals surface area contributed by atoms with Crippen molar-refractivity contribution in [3.05, 3.63) is 35.9 Å². The quantitative estimate of drug-likeness (QED) is 0.657. The molecule has 66 valence electrons. The van der Waals surface area contributed by atoms with E-state index in [1.165, 1.54) is 5.56 Å². The van der Waals surface area contributed by atoms with Gasteiger partial charge < -0.3 is 0 Å². The SMILES string of the molecule is ClCC[C@@H](Cl)Cc1ccccc1. The molecule has 0 spiro atoms. The van der Waals surface area contributed by atoms with Crippen LogP contribution in [0.4, 0.5) is 0 Å². The summed E-state index contributed by atoms with van der Waals surface area (Å²) in [6.07, 6.45) is 1.78. The average molecular weight is 203 g/mol. The highest BCUT2D eigenvalue weighted by Gasteiger charge is 2.03. The molecule has 12 heavy (non-hydrogen) atoms. The van der Waals surface area contributed by atoms with E-state index in [0.29, 0.717) is 5.88 Å². The molecule has 0 unspecified atom stereocenters. The molecule has 1 aromatic carbocycles. The van der Waals surface area contributed by atoms with E-state index in [1.807, 2.05) is 18.2 Å². The first-order chi connectivity index (χ1) is 5.83. The zero-order valence-corrected chi connectivity index (χ0v) is 8.35. The Balaban J connectivity index is 2.41. The van der Waals surface area contributed by atoms with Crippen molar-refractivity contribution in [3.63, 3.8) is 0 Å². The summed E-state index contributed by atoms with van der Waals surface area (Å²) < 4.78 is 0. The van der Waals surface area contributed by atoms with E-state index < -0.39 is 0 Å². The summed E-state index contributed by atoms with van der Waals surface area (Å²) in [6.45, 7) is 0. The molecule has 0 radical (unpaired) electrons. The largest absolute Gasteiger partial charge is 0.127 e. The van der Waals surface area contributed by atoms with Crippen LogP contribution < -0.4 is 0 Å². The Morgan fingerprint density at radius 2 is 1.83 bits per heavy atom. The first-order valence-electron chi connectivity index (χ1n) is 4.07. The highest BCUT2D eigenvalue weighted by molar-refractivity contribution is 6.22. The Labute approximate surface area is 83.5 Å². The Morgan fingerprint density at radius 1 is 1.17 bits per heavy atom. The van der Waals surface area contributed by atoms with E-state index in [-0.39, 0.29) is 5.38 Å². The molecule has 0 bridgehead atoms. The van der Waals surface area contributed by atoms with Crippen LogP contribution in [0.1, 0.15) is 12.0 Å². The van der Waals surface area contributed by atoms with Gasteiger partial charge in [-0.1, -0.05) is 30.3 Å². The second-order valence-electron chi connectivity index (χ2n) is 2.76. The Hall–Kier alpha value is -0.200. The molecule has 0 nitrogen and oxygen atoms in total. The lowest BCUT2D eigenvalue weighted by atomic mass is 10.1. The molecule has 0 saturated carbocycles. The van der Waals surface area contributed by atoms with E-state index in [4.69, 9.17) is 23.2 Å². The lowest BCUT2D eigenvalue weighted by molar-refractivity contribution is 0.810. The minimum absolute atomic E-state index is 0.171. The fourth-order valence-electron chi connectivity index (χ4n) is 1.09. The van der Waals surface area contributed by atoms with E-state index in [0.717, 1.165) is 12.8 Å². The van der Waals surface area contributed by atoms with Gasteiger partial charge in [0.2, 0.25) is 0 Å². The minimum atomic E-state index is 0.171. The van der Waals surface area contributed by atoms with Crippen molar-refractivity contribution in [1.82, 2.24) is 0 Å². The number of halogens is 2. The number of benzene rings is 1. The van der Waals surface area contributed by atoms with Crippen molar-refractivity contribution in [2.24, 2.45) is 0 Å². The number of rotatable bonds is 4. The van der Waals surface area contributed by atoms with Gasteiger partial charge in [-0.15, -0.1) is 23.2 Å². The Bertz CT molecular complexity index is 208. The second-order valence-corrected chi connectivity index (χ2v) is 3.76. The van der Waals surface area contributed by atoms with Gasteiger partial charge in [0.15, 0.2) is 0 Å². The predicted molar refractivity (Wildman–Crippen MR) is 55.1 cm³/mol. The van der Waals surface area contributed by atoms with Crippen LogP contribution in [0, 0.1) is 0 Å². The summed E-state index contributed by atoms with van der Waals surface area (Å²) in [5.41, 5.74) is 1.28. The summed E-state index contributed by atoms with van der Waals surface area (Å²) >= 11 is 11.6. The topological polar surface area (TPSA) is 0 Å². The molecule has 0 N–H and O–H groups in total. The standard InChI is InChI=1S/C10H12Cl2/c11-7-6-10(12)8-9-4-2-1-3-5-9/h1-5,10H,6-8H2/t10-/m1/s1. The number of hydrogen-bond donors (Lipinski definition) is 0. The monoisotopic (exact) mass is 202 g/mol. The van der Waals surface area contributed by atoms with Crippen LogP contribution in [0.25, 0.3) is 0 Å². The number of alkyl halides is 2. The molecule has 0 amide bonds. The van der Waals surface area contributed by atoms with Crippen molar-refractivity contribution < 1.29 is 0 Å². The van der Waals surface area contributed by atoms with Crippen LogP contribution in [0.15, 0.2) is 30.3 Å². The van der Waals surface area contributed by atoms with Crippen molar-refractivity contribution in [2.75, 3.05) is 5.88 Å². The van der Waals surface area contributed by atoms with Crippen LogP contribution in [-0.4, -0.2) is 11.3 Å². The maximum atomic E-state index is 6.03. The van der Waals surface area contributed by atoms with E-state index >= 15 is 0 Å². The summed E-state index contributed by atoms with van der Waals surface area (Å²) in [5, 5.41) is 0.171. The zero-order valence-electron chi connectivity index (χ0n) is 6.84. The molecule has 1 atom stereocenters. The summed E-state index contributed by atoms with van der Waals surface area (Å²) in [4.78, 5) is 0. The van der Waals surface area contributed by atoms with Crippen molar-refractivity contribution in [2.45, 2.75) is 18.2 Å². The van der Waals surface area contributed by atoms with Crippen LogP contribution in [0.3, 0.4) is 0 Å². The molecule has 0 aliphatic rings. The molecule has 0 aromatic heterocycles. The predicted octanol–water partition coefficient (Wildman–Crippen LogP) is 3.47. The zero-order chi connectivity index (χ0) is 8.81. The highest BCUT2D eigenvalue weighted by atomic mass is 35.5. The third-order valence-corrected chi connectivity index (χ3v) is 2.31. The average Bonchev–Trinajstić information content (AvgIpc) is 2.06. The van der Waals surface area contributed by atoms with E-state index in [1.54, 1.807) is 0 Å². The molecule has 0 fully saturated rings. The van der Waals surface area contributed by atoms with Gasteiger partial charge in [-0.2, -0.15) is 0 Å². The molecule has 2 heteroatoms. The first-order valence-corrected chi connectivity index (χ1v) is 5.04. The second kappa shape index (κ2) is 5.45. The van der Waals surface area contributed by atoms with Gasteiger partial charge in [0.05, 0.1) is 0 Å². The van der Waals surface area contributed by atoms with Gasteiger partial charge >= 0.3 is 0 Å². The molecular weight excluding hydrogens is 191 g/mol. The van der Waals surface area contributed by atoms with Gasteiger partial charge in [-0.25, -0.2) is 0 Å². The first kappa shape index (κ1) is 9.88. The molecule has 0 aliphatic carbocycles. The van der Waals surface area contributed by atoms with Gasteiger partial charge in [-0.3, -0.25) is 0 Å². The van der Waals surface area contributed by atoms with Crippen molar-refractivity contribution in [1.29, 1.82) is 0 Å². The highest BCUT2D eigenvalue weighted by Crippen LogP contribution is 2.11. The fraction of sp³-hybridized carbons (Fsp3) is 0.400. The van der Waals surface area contributed by atoms with Gasteiger partial charge in [0.1, 0.15) is 0 Å². The fourth-order valence-corrected chi connectivity index (χ4v) is 1.75. The van der Waals surface area contributed by atoms with Gasteiger partial charge in [0, 0.05) is 11.3 Å². The van der Waals surface area contributed by atoms with Crippen LogP contribution in [0.5, 0.6) is 0 Å². The molecule has 0 saturated heterocycles. The summed E-state index contributed by atoms with van der Waals surface area (Å²) in [7, 11) is 0. The van der Waals surface area contributed by atoms with Crippen molar-refractivity contribution >= 4 is 23.2 Å². The smallest absolute Gasteiger partial charge is 0.0387 e. The minimum Gasteiger partial charge on any atom is -0.127 e. The molecule has 1 aromatic rings. The third-order valence-electron chi connectivity index (χ3n) is 1.72. The van der Waals surface area contributed by atoms with Gasteiger partial charge in [-0.05, 0) is 18.4 Å². The molecular formula is C10H12Cl2. The number of hydrogen-bond acceptors (Lipinski definition) is 0. The molecule has 0 heterocycles. The van der Waals surface area contributed by atoms with E-state index in [9.17, 15) is 0 Å². The maximum Gasteiger partial charge on any atom is 0.0387 e. The normalized spacial score (nSPS) is 12.8. The summed E-state index contributed by atoms with van der Waals surface area (Å²) in [5.74, 6) is 0.640. The van der Waals surface area contributed by atoms with Crippen LogP contribution in [-0.2, 0) is 6.42 Å². The Morgan fingerprint density at radius 3 is 2.42 bits per heavy atom. The van der Waals surface area contributed by atoms with Crippen LogP contribution >= 0.6 is 23.2 Å². The van der Waals surface area contributed by atoms with Gasteiger partial charge in [0.25, 0.3) is 0 Å². The lowest BCUT2D eigenvalue weighted by Crippen LogP contribution is -2.03. The maximum absolute atomic E-state index is 6.03. The van der Waals surface area contributed by atoms with E-state index in [2.05, 4.69) is 12.1 Å². The van der Waals surface area contributed by atoms with Crippen molar-refractivity contribution in [3.8, 4) is 0 Å². The lowest BCUT2D eigenvalue weighted by Gasteiger charge is -2.06. The summed E-state index contributed by atoms with van der Waals surface area (Å²) in [6, 6.07) is 10.2. The van der Waals surface area contributed by atoms with Crippen LogP contribution in [0.2, 0.25) is 0 Å². The molecule has 0 aliphatic heterocycles. The third kappa shape index (κ3) is 3.46. The molecule has 1 rings (SSSR count).